The number of hydrogen-bond acceptors (Lipinski definition) is 6. The second kappa shape index (κ2) is 10.7. The summed E-state index contributed by atoms with van der Waals surface area (Å²) >= 11 is 0. The average Bonchev–Trinajstić information content (AvgIpc) is 3.14. The number of carbonyl (C=O) groups excluding carboxylic acids is 1. The molecule has 1 aromatic carbocycles. The maximum absolute atomic E-state index is 12.7. The van der Waals surface area contributed by atoms with Crippen LogP contribution in [0.5, 0.6) is 5.75 Å². The Morgan fingerprint density at radius 2 is 1.92 bits per heavy atom. The molecule has 1 aliphatic rings. The van der Waals surface area contributed by atoms with Crippen LogP contribution in [0.4, 0.5) is 5.69 Å². The van der Waals surface area contributed by atoms with Crippen LogP contribution in [0.2, 0.25) is 0 Å². The molecular formula is C16H26ClN3O5S. The summed E-state index contributed by atoms with van der Waals surface area (Å²) in [5.74, 6) is -0.00894. The number of sulfonamides is 1. The first-order valence-corrected chi connectivity index (χ1v) is 9.60. The summed E-state index contributed by atoms with van der Waals surface area (Å²) < 4.78 is 37.0. The molecular weight excluding hydrogens is 382 g/mol. The number of ether oxygens (including phenoxy) is 2. The van der Waals surface area contributed by atoms with Gasteiger partial charge in [0.2, 0.25) is 15.9 Å². The molecule has 0 aromatic heterocycles. The van der Waals surface area contributed by atoms with E-state index in [2.05, 4.69) is 10.6 Å². The Morgan fingerprint density at radius 3 is 2.54 bits per heavy atom. The Balaban J connectivity index is 0.00000338. The Hall–Kier alpha value is -1.39. The van der Waals surface area contributed by atoms with Crippen molar-refractivity contribution in [2.75, 3.05) is 52.3 Å². The molecule has 0 aliphatic carbocycles. The van der Waals surface area contributed by atoms with Crippen molar-refractivity contribution in [2.24, 2.45) is 0 Å². The van der Waals surface area contributed by atoms with Crippen molar-refractivity contribution >= 4 is 34.0 Å². The molecule has 8 nitrogen and oxygen atoms in total. The van der Waals surface area contributed by atoms with Gasteiger partial charge < -0.3 is 20.1 Å². The lowest BCUT2D eigenvalue weighted by molar-refractivity contribution is -0.115. The summed E-state index contributed by atoms with van der Waals surface area (Å²) in [7, 11) is -0.576. The molecule has 0 saturated carbocycles. The molecule has 1 aromatic rings. The minimum absolute atomic E-state index is 0. The average molecular weight is 408 g/mol. The van der Waals surface area contributed by atoms with Crippen LogP contribution in [-0.4, -0.2) is 65.6 Å². The number of benzene rings is 1. The van der Waals surface area contributed by atoms with Gasteiger partial charge in [-0.2, -0.15) is 4.31 Å². The molecule has 1 fully saturated rings. The fraction of sp³-hybridized carbons (Fsp3) is 0.562. The van der Waals surface area contributed by atoms with Gasteiger partial charge in [-0.15, -0.1) is 12.4 Å². The molecule has 1 aliphatic heterocycles. The topological polar surface area (TPSA) is 97.0 Å². The zero-order valence-electron chi connectivity index (χ0n) is 15.0. The summed E-state index contributed by atoms with van der Waals surface area (Å²) in [6, 6.07) is 4.56. The lowest BCUT2D eigenvalue weighted by atomic mass is 10.3. The molecule has 1 saturated heterocycles. The van der Waals surface area contributed by atoms with Crippen LogP contribution in [0.15, 0.2) is 23.1 Å². The number of amides is 1. The first-order valence-electron chi connectivity index (χ1n) is 8.16. The van der Waals surface area contributed by atoms with E-state index in [4.69, 9.17) is 9.47 Å². The van der Waals surface area contributed by atoms with E-state index in [1.165, 1.54) is 23.5 Å². The van der Waals surface area contributed by atoms with Crippen LogP contribution in [0.3, 0.4) is 0 Å². The molecule has 148 valence electrons. The second-order valence-corrected chi connectivity index (χ2v) is 7.60. The van der Waals surface area contributed by atoms with Gasteiger partial charge in [-0.05, 0) is 25.0 Å². The Morgan fingerprint density at radius 1 is 1.23 bits per heavy atom. The molecule has 1 heterocycles. The van der Waals surface area contributed by atoms with Crippen LogP contribution < -0.4 is 15.4 Å². The van der Waals surface area contributed by atoms with Crippen molar-refractivity contribution in [1.29, 1.82) is 0 Å². The molecule has 0 spiro atoms. The maximum Gasteiger partial charge on any atom is 0.246 e. The predicted octanol–water partition coefficient (Wildman–Crippen LogP) is 1.08. The number of carbonyl (C=O) groups is 1. The van der Waals surface area contributed by atoms with E-state index < -0.39 is 10.0 Å². The van der Waals surface area contributed by atoms with E-state index in [1.807, 2.05) is 0 Å². The van der Waals surface area contributed by atoms with E-state index in [-0.39, 0.29) is 35.5 Å². The highest BCUT2D eigenvalue weighted by atomic mass is 35.5. The van der Waals surface area contributed by atoms with Crippen molar-refractivity contribution in [3.05, 3.63) is 18.2 Å². The predicted molar refractivity (Wildman–Crippen MR) is 102 cm³/mol. The summed E-state index contributed by atoms with van der Waals surface area (Å²) in [4.78, 5) is 12.0. The van der Waals surface area contributed by atoms with Gasteiger partial charge in [0.25, 0.3) is 0 Å². The van der Waals surface area contributed by atoms with Crippen LogP contribution in [0.25, 0.3) is 0 Å². The lowest BCUT2D eigenvalue weighted by Gasteiger charge is -2.18. The van der Waals surface area contributed by atoms with Crippen molar-refractivity contribution in [2.45, 2.75) is 17.7 Å². The highest BCUT2D eigenvalue weighted by Gasteiger charge is 2.30. The van der Waals surface area contributed by atoms with E-state index >= 15 is 0 Å². The van der Waals surface area contributed by atoms with Crippen LogP contribution >= 0.6 is 12.4 Å². The SMILES string of the molecule is COCCNCC(=O)Nc1ccc(S(=O)(=O)N2CCCC2)c(OC)c1.Cl. The molecule has 1 amide bonds. The molecule has 2 rings (SSSR count). The molecule has 26 heavy (non-hydrogen) atoms. The van der Waals surface area contributed by atoms with E-state index in [0.29, 0.717) is 31.9 Å². The van der Waals surface area contributed by atoms with Gasteiger partial charge >= 0.3 is 0 Å². The molecule has 0 unspecified atom stereocenters. The van der Waals surface area contributed by atoms with Gasteiger partial charge in [0.15, 0.2) is 0 Å². The minimum Gasteiger partial charge on any atom is -0.495 e. The second-order valence-electron chi connectivity index (χ2n) is 5.69. The van der Waals surface area contributed by atoms with Crippen LogP contribution in [0, 0.1) is 0 Å². The number of nitrogens with zero attached hydrogens (tertiary/aromatic N) is 1. The number of hydrogen-bond donors (Lipinski definition) is 2. The normalized spacial score (nSPS) is 14.7. The number of rotatable bonds is 9. The molecule has 0 atom stereocenters. The van der Waals surface area contributed by atoms with Crippen LogP contribution in [-0.2, 0) is 19.6 Å². The van der Waals surface area contributed by atoms with Crippen LogP contribution in [0.1, 0.15) is 12.8 Å². The highest BCUT2D eigenvalue weighted by molar-refractivity contribution is 7.89. The first-order chi connectivity index (χ1) is 12.0. The quantitative estimate of drug-likeness (QED) is 0.594. The monoisotopic (exact) mass is 407 g/mol. The summed E-state index contributed by atoms with van der Waals surface area (Å²) in [6.45, 7) is 2.28. The Bertz CT molecular complexity index is 693. The molecule has 10 heteroatoms. The maximum atomic E-state index is 12.7. The highest BCUT2D eigenvalue weighted by Crippen LogP contribution is 2.31. The zero-order valence-corrected chi connectivity index (χ0v) is 16.6. The van der Waals surface area contributed by atoms with Crippen molar-refractivity contribution in [3.63, 3.8) is 0 Å². The fourth-order valence-electron chi connectivity index (χ4n) is 2.61. The minimum atomic E-state index is -3.58. The summed E-state index contributed by atoms with van der Waals surface area (Å²) in [5, 5.41) is 5.65. The summed E-state index contributed by atoms with van der Waals surface area (Å²) in [5.41, 5.74) is 0.482. The van der Waals surface area contributed by atoms with Gasteiger partial charge in [0, 0.05) is 38.5 Å². The third kappa shape index (κ3) is 5.82. The van der Waals surface area contributed by atoms with Crippen molar-refractivity contribution in [1.82, 2.24) is 9.62 Å². The van der Waals surface area contributed by atoms with Crippen molar-refractivity contribution < 1.29 is 22.7 Å². The lowest BCUT2D eigenvalue weighted by Crippen LogP contribution is -2.30. The first kappa shape index (κ1) is 22.7. The zero-order chi connectivity index (χ0) is 18.3. The molecule has 2 N–H and O–H groups in total. The van der Waals surface area contributed by atoms with Gasteiger partial charge in [0.05, 0.1) is 20.3 Å². The van der Waals surface area contributed by atoms with E-state index in [1.54, 1.807) is 13.2 Å². The number of halogens is 1. The number of nitrogens with one attached hydrogen (secondary N) is 2. The van der Waals surface area contributed by atoms with E-state index in [0.717, 1.165) is 12.8 Å². The fourth-order valence-corrected chi connectivity index (χ4v) is 4.26. The molecule has 0 bridgehead atoms. The summed E-state index contributed by atoms with van der Waals surface area (Å²) in [6.07, 6.45) is 1.73. The third-order valence-corrected chi connectivity index (χ3v) is 5.84. The smallest absolute Gasteiger partial charge is 0.246 e. The largest absolute Gasteiger partial charge is 0.495 e. The molecule has 0 radical (unpaired) electrons. The van der Waals surface area contributed by atoms with Crippen molar-refractivity contribution in [3.8, 4) is 5.75 Å². The third-order valence-electron chi connectivity index (χ3n) is 3.90. The van der Waals surface area contributed by atoms with Gasteiger partial charge in [-0.25, -0.2) is 8.42 Å². The Labute approximate surface area is 160 Å². The van der Waals surface area contributed by atoms with Gasteiger partial charge in [-0.3, -0.25) is 4.79 Å². The van der Waals surface area contributed by atoms with Gasteiger partial charge in [0.1, 0.15) is 10.6 Å². The van der Waals surface area contributed by atoms with E-state index in [9.17, 15) is 13.2 Å². The number of methoxy groups -OCH3 is 2. The standard InChI is InChI=1S/C16H25N3O5S.ClH/c1-23-10-7-17-12-16(20)18-13-5-6-15(14(11-13)24-2)25(21,22)19-8-3-4-9-19;/h5-6,11,17H,3-4,7-10,12H2,1-2H3,(H,18,20);1H. The van der Waals surface area contributed by atoms with Gasteiger partial charge in [-0.1, -0.05) is 0 Å². The number of anilines is 1. The Kier molecular flexibility index (Phi) is 9.31.